The van der Waals surface area contributed by atoms with Gasteiger partial charge in [-0.1, -0.05) is 20.8 Å². The topological polar surface area (TPSA) is 55.1 Å². The third-order valence-electron chi connectivity index (χ3n) is 3.80. The number of aromatic nitrogens is 2. The molecule has 0 atom stereocenters. The molecule has 2 aromatic rings. The van der Waals surface area contributed by atoms with Crippen molar-refractivity contribution in [3.63, 3.8) is 0 Å². The highest BCUT2D eigenvalue weighted by atomic mass is 16.4. The van der Waals surface area contributed by atoms with Crippen molar-refractivity contribution < 1.29 is 9.90 Å². The Kier molecular flexibility index (Phi) is 2.85. The van der Waals surface area contributed by atoms with Gasteiger partial charge in [0.25, 0.3) is 0 Å². The van der Waals surface area contributed by atoms with E-state index >= 15 is 0 Å². The molecule has 1 aromatic heterocycles. The van der Waals surface area contributed by atoms with Crippen molar-refractivity contribution in [2.45, 2.75) is 45.6 Å². The van der Waals surface area contributed by atoms with E-state index in [9.17, 15) is 4.79 Å². The van der Waals surface area contributed by atoms with E-state index in [0.717, 1.165) is 29.3 Å². The smallest absolute Gasteiger partial charge is 0.335 e. The number of carboxylic acid groups (broad SMARTS) is 1. The van der Waals surface area contributed by atoms with Crippen molar-refractivity contribution in [1.29, 1.82) is 0 Å². The first-order valence-corrected chi connectivity index (χ1v) is 7.10. The molecule has 4 nitrogen and oxygen atoms in total. The number of aromatic carboxylic acids is 1. The van der Waals surface area contributed by atoms with Crippen molar-refractivity contribution in [2.75, 3.05) is 0 Å². The van der Waals surface area contributed by atoms with E-state index in [0.29, 0.717) is 5.56 Å². The summed E-state index contributed by atoms with van der Waals surface area (Å²) < 4.78 is 2.28. The lowest BCUT2D eigenvalue weighted by Crippen LogP contribution is -2.19. The first-order valence-electron chi connectivity index (χ1n) is 7.10. The third-order valence-corrected chi connectivity index (χ3v) is 3.80. The van der Waals surface area contributed by atoms with Crippen molar-refractivity contribution in [2.24, 2.45) is 5.92 Å². The second kappa shape index (κ2) is 4.33. The first-order chi connectivity index (χ1) is 9.36. The van der Waals surface area contributed by atoms with Crippen LogP contribution in [0.15, 0.2) is 18.2 Å². The molecule has 1 aliphatic carbocycles. The van der Waals surface area contributed by atoms with Gasteiger partial charge in [-0.2, -0.15) is 0 Å². The van der Waals surface area contributed by atoms with Gasteiger partial charge in [0.2, 0.25) is 0 Å². The predicted molar refractivity (Wildman–Crippen MR) is 78.1 cm³/mol. The summed E-state index contributed by atoms with van der Waals surface area (Å²) in [5.74, 6) is 0.899. The van der Waals surface area contributed by atoms with Crippen LogP contribution in [0.2, 0.25) is 0 Å². The van der Waals surface area contributed by atoms with E-state index in [1.807, 2.05) is 6.07 Å². The Balaban J connectivity index is 2.17. The Morgan fingerprint density at radius 2 is 2.10 bits per heavy atom. The van der Waals surface area contributed by atoms with Crippen LogP contribution in [-0.4, -0.2) is 20.6 Å². The summed E-state index contributed by atoms with van der Waals surface area (Å²) >= 11 is 0. The molecule has 1 aromatic carbocycles. The van der Waals surface area contributed by atoms with E-state index in [-0.39, 0.29) is 5.41 Å². The van der Waals surface area contributed by atoms with Gasteiger partial charge in [-0.05, 0) is 37.0 Å². The zero-order valence-corrected chi connectivity index (χ0v) is 12.2. The van der Waals surface area contributed by atoms with Crippen LogP contribution in [0.25, 0.3) is 11.0 Å². The Morgan fingerprint density at radius 1 is 1.40 bits per heavy atom. The lowest BCUT2D eigenvalue weighted by Gasteiger charge is -2.20. The number of imidazole rings is 1. The van der Waals surface area contributed by atoms with Gasteiger partial charge < -0.3 is 9.67 Å². The van der Waals surface area contributed by atoms with Gasteiger partial charge >= 0.3 is 5.97 Å². The molecular weight excluding hydrogens is 252 g/mol. The molecular formula is C16H20N2O2. The summed E-state index contributed by atoms with van der Waals surface area (Å²) in [4.78, 5) is 15.8. The summed E-state index contributed by atoms with van der Waals surface area (Å²) in [5, 5.41) is 9.10. The van der Waals surface area contributed by atoms with Crippen LogP contribution in [0.3, 0.4) is 0 Å². The number of carboxylic acids is 1. The van der Waals surface area contributed by atoms with Gasteiger partial charge in [0.1, 0.15) is 5.82 Å². The maximum Gasteiger partial charge on any atom is 0.335 e. The molecule has 1 N–H and O–H groups in total. The van der Waals surface area contributed by atoms with E-state index < -0.39 is 5.97 Å². The van der Waals surface area contributed by atoms with Crippen molar-refractivity contribution in [1.82, 2.24) is 9.55 Å². The number of hydrogen-bond donors (Lipinski definition) is 1. The second-order valence-electron chi connectivity index (χ2n) is 6.75. The largest absolute Gasteiger partial charge is 0.478 e. The lowest BCUT2D eigenvalue weighted by molar-refractivity contribution is 0.0697. The Labute approximate surface area is 118 Å². The molecule has 1 aliphatic rings. The van der Waals surface area contributed by atoms with Crippen LogP contribution in [-0.2, 0) is 12.0 Å². The maximum absolute atomic E-state index is 11.1. The molecule has 1 saturated carbocycles. The highest BCUT2D eigenvalue weighted by molar-refractivity contribution is 5.92. The van der Waals surface area contributed by atoms with Crippen LogP contribution in [0.1, 0.15) is 49.8 Å². The summed E-state index contributed by atoms with van der Waals surface area (Å²) in [6.07, 6.45) is 2.58. The molecule has 0 bridgehead atoms. The Morgan fingerprint density at radius 3 is 2.65 bits per heavy atom. The van der Waals surface area contributed by atoms with Crippen LogP contribution >= 0.6 is 0 Å². The van der Waals surface area contributed by atoms with Gasteiger partial charge in [-0.3, -0.25) is 0 Å². The molecule has 0 saturated heterocycles. The van der Waals surface area contributed by atoms with Crippen LogP contribution < -0.4 is 0 Å². The molecule has 0 spiro atoms. The zero-order chi connectivity index (χ0) is 14.5. The van der Waals surface area contributed by atoms with Crippen LogP contribution in [0, 0.1) is 5.92 Å². The zero-order valence-electron chi connectivity index (χ0n) is 12.2. The molecule has 1 fully saturated rings. The number of nitrogens with zero attached hydrogens (tertiary/aromatic N) is 2. The lowest BCUT2D eigenvalue weighted by atomic mass is 9.95. The molecule has 0 radical (unpaired) electrons. The summed E-state index contributed by atoms with van der Waals surface area (Å²) in [7, 11) is 0. The molecule has 106 valence electrons. The molecule has 1 heterocycles. The summed E-state index contributed by atoms with van der Waals surface area (Å²) in [6, 6.07) is 5.24. The fraction of sp³-hybridized carbons (Fsp3) is 0.500. The van der Waals surface area contributed by atoms with E-state index in [4.69, 9.17) is 10.1 Å². The van der Waals surface area contributed by atoms with Gasteiger partial charge in [0.05, 0.1) is 16.6 Å². The quantitative estimate of drug-likeness (QED) is 0.931. The van der Waals surface area contributed by atoms with Crippen molar-refractivity contribution >= 4 is 17.0 Å². The SMILES string of the molecule is CC(C)(C)c1nc2cc(C(=O)O)ccc2n1CC1CC1. The number of rotatable bonds is 3. The minimum atomic E-state index is -0.902. The molecule has 0 amide bonds. The van der Waals surface area contributed by atoms with Crippen LogP contribution in [0.5, 0.6) is 0 Å². The number of fused-ring (bicyclic) bond motifs is 1. The standard InChI is InChI=1S/C16H20N2O2/c1-16(2,3)15-17-12-8-11(14(19)20)6-7-13(12)18(15)9-10-4-5-10/h6-8,10H,4-5,9H2,1-3H3,(H,19,20). The average molecular weight is 272 g/mol. The monoisotopic (exact) mass is 272 g/mol. The minimum absolute atomic E-state index is 0.0443. The maximum atomic E-state index is 11.1. The number of benzene rings is 1. The van der Waals surface area contributed by atoms with E-state index in [2.05, 4.69) is 25.3 Å². The fourth-order valence-corrected chi connectivity index (χ4v) is 2.58. The molecule has 4 heteroatoms. The second-order valence-corrected chi connectivity index (χ2v) is 6.75. The number of hydrogen-bond acceptors (Lipinski definition) is 2. The molecule has 20 heavy (non-hydrogen) atoms. The van der Waals surface area contributed by atoms with Gasteiger partial charge in [-0.15, -0.1) is 0 Å². The highest BCUT2D eigenvalue weighted by Crippen LogP contribution is 2.35. The summed E-state index contributed by atoms with van der Waals surface area (Å²) in [5.41, 5.74) is 2.09. The molecule has 0 aliphatic heterocycles. The molecule has 0 unspecified atom stereocenters. The fourth-order valence-electron chi connectivity index (χ4n) is 2.58. The van der Waals surface area contributed by atoms with Gasteiger partial charge in [0, 0.05) is 12.0 Å². The summed E-state index contributed by atoms with van der Waals surface area (Å²) in [6.45, 7) is 7.44. The highest BCUT2D eigenvalue weighted by Gasteiger charge is 2.28. The first kappa shape index (κ1) is 13.2. The van der Waals surface area contributed by atoms with E-state index in [1.165, 1.54) is 12.8 Å². The molecule has 3 rings (SSSR count). The van der Waals surface area contributed by atoms with E-state index in [1.54, 1.807) is 12.1 Å². The van der Waals surface area contributed by atoms with Crippen molar-refractivity contribution in [3.8, 4) is 0 Å². The van der Waals surface area contributed by atoms with Crippen molar-refractivity contribution in [3.05, 3.63) is 29.6 Å². The van der Waals surface area contributed by atoms with Crippen LogP contribution in [0.4, 0.5) is 0 Å². The predicted octanol–water partition coefficient (Wildman–Crippen LogP) is 3.44. The normalized spacial score (nSPS) is 15.8. The van der Waals surface area contributed by atoms with Gasteiger partial charge in [0.15, 0.2) is 0 Å². The number of carbonyl (C=O) groups is 1. The third kappa shape index (κ3) is 2.30. The Bertz CT molecular complexity index is 676. The Hall–Kier alpha value is -1.84. The average Bonchev–Trinajstić information content (AvgIpc) is 3.08. The van der Waals surface area contributed by atoms with Gasteiger partial charge in [-0.25, -0.2) is 9.78 Å². The minimum Gasteiger partial charge on any atom is -0.478 e.